The third kappa shape index (κ3) is 3.78. The second kappa shape index (κ2) is 5.97. The van der Waals surface area contributed by atoms with Gasteiger partial charge in [0.2, 0.25) is 5.91 Å². The van der Waals surface area contributed by atoms with Crippen molar-refractivity contribution in [2.75, 3.05) is 13.7 Å². The van der Waals surface area contributed by atoms with Crippen molar-refractivity contribution < 1.29 is 14.6 Å². The lowest BCUT2D eigenvalue weighted by molar-refractivity contribution is -0.117. The number of methoxy groups -OCH3 is 1. The van der Waals surface area contributed by atoms with Gasteiger partial charge in [-0.1, -0.05) is 6.07 Å². The van der Waals surface area contributed by atoms with Crippen LogP contribution in [0.1, 0.15) is 12.0 Å². The first-order chi connectivity index (χ1) is 7.63. The molecular weight excluding hydrogens is 208 g/mol. The van der Waals surface area contributed by atoms with Gasteiger partial charge in [0.25, 0.3) is 0 Å². The van der Waals surface area contributed by atoms with Crippen LogP contribution in [-0.4, -0.2) is 24.7 Å². The first kappa shape index (κ1) is 12.3. The zero-order valence-electron chi connectivity index (χ0n) is 9.19. The summed E-state index contributed by atoms with van der Waals surface area (Å²) in [6.07, 6.45) is 0.315. The number of phenolic OH excluding ortho intramolecular Hbond substituents is 1. The van der Waals surface area contributed by atoms with E-state index in [4.69, 9.17) is 10.5 Å². The molecule has 0 heterocycles. The third-order valence-electron chi connectivity index (χ3n) is 2.12. The van der Waals surface area contributed by atoms with Crippen molar-refractivity contribution in [3.05, 3.63) is 23.8 Å². The number of hydrogen-bond acceptors (Lipinski definition) is 4. The van der Waals surface area contributed by atoms with Gasteiger partial charge in [-0.15, -0.1) is 0 Å². The Bertz CT molecular complexity index is 366. The number of amides is 1. The van der Waals surface area contributed by atoms with Crippen molar-refractivity contribution >= 4 is 5.91 Å². The number of carbonyl (C=O) groups is 1. The van der Waals surface area contributed by atoms with E-state index in [9.17, 15) is 9.90 Å². The number of nitrogens with one attached hydrogen (secondary N) is 1. The average molecular weight is 224 g/mol. The van der Waals surface area contributed by atoms with Gasteiger partial charge in [0.05, 0.1) is 7.11 Å². The Hall–Kier alpha value is -1.75. The fourth-order valence-electron chi connectivity index (χ4n) is 1.28. The Morgan fingerprint density at radius 2 is 2.31 bits per heavy atom. The van der Waals surface area contributed by atoms with Crippen LogP contribution in [0.5, 0.6) is 11.5 Å². The Morgan fingerprint density at radius 3 is 2.94 bits per heavy atom. The monoisotopic (exact) mass is 224 g/mol. The van der Waals surface area contributed by atoms with Crippen molar-refractivity contribution in [1.82, 2.24) is 5.32 Å². The van der Waals surface area contributed by atoms with Crippen LogP contribution in [0, 0.1) is 0 Å². The minimum atomic E-state index is -0.323. The van der Waals surface area contributed by atoms with E-state index in [-0.39, 0.29) is 11.7 Å². The molecule has 0 aliphatic carbocycles. The zero-order valence-corrected chi connectivity index (χ0v) is 9.19. The maximum atomic E-state index is 10.5. The van der Waals surface area contributed by atoms with Crippen LogP contribution in [0.3, 0.4) is 0 Å². The Kier molecular flexibility index (Phi) is 4.60. The largest absolute Gasteiger partial charge is 0.504 e. The van der Waals surface area contributed by atoms with Crippen molar-refractivity contribution in [2.24, 2.45) is 5.73 Å². The summed E-state index contributed by atoms with van der Waals surface area (Å²) in [5.41, 5.74) is 5.98. The van der Waals surface area contributed by atoms with Crippen LogP contribution in [-0.2, 0) is 11.3 Å². The molecule has 1 rings (SSSR count). The molecule has 0 aliphatic heterocycles. The molecule has 1 amide bonds. The number of primary amides is 1. The summed E-state index contributed by atoms with van der Waals surface area (Å²) >= 11 is 0. The highest BCUT2D eigenvalue weighted by Gasteiger charge is 2.02. The minimum absolute atomic E-state index is 0.114. The summed E-state index contributed by atoms with van der Waals surface area (Å²) < 4.78 is 4.98. The summed E-state index contributed by atoms with van der Waals surface area (Å²) in [6, 6.07) is 5.10. The highest BCUT2D eigenvalue weighted by atomic mass is 16.5. The molecule has 0 saturated carbocycles. The smallest absolute Gasteiger partial charge is 0.218 e. The van der Waals surface area contributed by atoms with Crippen LogP contribution >= 0.6 is 0 Å². The van der Waals surface area contributed by atoms with Crippen LogP contribution < -0.4 is 15.8 Å². The molecule has 0 unspecified atom stereocenters. The van der Waals surface area contributed by atoms with E-state index in [1.165, 1.54) is 7.11 Å². The molecule has 0 radical (unpaired) electrons. The first-order valence-electron chi connectivity index (χ1n) is 4.98. The average Bonchev–Trinajstić information content (AvgIpc) is 2.26. The van der Waals surface area contributed by atoms with Gasteiger partial charge in [-0.25, -0.2) is 0 Å². The summed E-state index contributed by atoms with van der Waals surface area (Å²) in [5.74, 6) is 0.230. The lowest BCUT2D eigenvalue weighted by Gasteiger charge is -2.07. The van der Waals surface area contributed by atoms with Crippen LogP contribution in [0.25, 0.3) is 0 Å². The molecule has 0 bridgehead atoms. The van der Waals surface area contributed by atoms with E-state index in [0.29, 0.717) is 25.3 Å². The van der Waals surface area contributed by atoms with Crippen LogP contribution in [0.4, 0.5) is 0 Å². The van der Waals surface area contributed by atoms with Gasteiger partial charge >= 0.3 is 0 Å². The molecule has 0 aromatic heterocycles. The highest BCUT2D eigenvalue weighted by Crippen LogP contribution is 2.25. The molecule has 0 aliphatic rings. The van der Waals surface area contributed by atoms with E-state index < -0.39 is 0 Å². The normalized spacial score (nSPS) is 10.1. The van der Waals surface area contributed by atoms with E-state index in [2.05, 4.69) is 5.32 Å². The summed E-state index contributed by atoms with van der Waals surface area (Å²) in [4.78, 5) is 10.5. The van der Waals surface area contributed by atoms with Gasteiger partial charge in [0.15, 0.2) is 11.5 Å². The molecule has 1 aromatic carbocycles. The molecule has 1 aromatic rings. The maximum absolute atomic E-state index is 10.5. The van der Waals surface area contributed by atoms with E-state index in [1.54, 1.807) is 18.2 Å². The molecule has 0 saturated heterocycles. The van der Waals surface area contributed by atoms with E-state index in [1.807, 2.05) is 0 Å². The van der Waals surface area contributed by atoms with Crippen molar-refractivity contribution in [3.8, 4) is 11.5 Å². The predicted molar refractivity (Wildman–Crippen MR) is 60.2 cm³/mol. The molecule has 5 nitrogen and oxygen atoms in total. The predicted octanol–water partition coefficient (Wildman–Crippen LogP) is 0.366. The number of carbonyl (C=O) groups excluding carboxylic acids is 1. The van der Waals surface area contributed by atoms with Crippen molar-refractivity contribution in [1.29, 1.82) is 0 Å². The fraction of sp³-hybridized carbons (Fsp3) is 0.364. The fourth-order valence-corrected chi connectivity index (χ4v) is 1.28. The molecule has 0 spiro atoms. The molecule has 4 N–H and O–H groups in total. The molecular formula is C11H16N2O3. The summed E-state index contributed by atoms with van der Waals surface area (Å²) in [5, 5.41) is 12.4. The minimum Gasteiger partial charge on any atom is -0.504 e. The molecule has 5 heteroatoms. The second-order valence-electron chi connectivity index (χ2n) is 3.40. The van der Waals surface area contributed by atoms with Crippen LogP contribution in [0.15, 0.2) is 18.2 Å². The maximum Gasteiger partial charge on any atom is 0.218 e. The van der Waals surface area contributed by atoms with E-state index >= 15 is 0 Å². The van der Waals surface area contributed by atoms with Gasteiger partial charge in [0, 0.05) is 19.5 Å². The van der Waals surface area contributed by atoms with Gasteiger partial charge in [-0.3, -0.25) is 4.79 Å². The first-order valence-corrected chi connectivity index (χ1v) is 4.98. The number of nitrogens with two attached hydrogens (primary N) is 1. The zero-order chi connectivity index (χ0) is 12.0. The number of benzene rings is 1. The number of phenols is 1. The number of rotatable bonds is 6. The van der Waals surface area contributed by atoms with Gasteiger partial charge < -0.3 is 20.9 Å². The van der Waals surface area contributed by atoms with Crippen LogP contribution in [0.2, 0.25) is 0 Å². The Morgan fingerprint density at radius 1 is 1.56 bits per heavy atom. The molecule has 88 valence electrons. The third-order valence-corrected chi connectivity index (χ3v) is 2.12. The molecule has 0 atom stereocenters. The molecule has 0 fully saturated rings. The standard InChI is InChI=1S/C11H16N2O3/c1-16-10-6-8(2-3-9(10)14)7-13-5-4-11(12)15/h2-3,6,13-14H,4-5,7H2,1H3,(H2,12,15). The van der Waals surface area contributed by atoms with Crippen molar-refractivity contribution in [2.45, 2.75) is 13.0 Å². The molecule has 16 heavy (non-hydrogen) atoms. The Labute approximate surface area is 94.2 Å². The lowest BCUT2D eigenvalue weighted by atomic mass is 10.2. The number of ether oxygens (including phenoxy) is 1. The lowest BCUT2D eigenvalue weighted by Crippen LogP contribution is -2.21. The van der Waals surface area contributed by atoms with Gasteiger partial charge in [0.1, 0.15) is 0 Å². The topological polar surface area (TPSA) is 84.6 Å². The summed E-state index contributed by atoms with van der Waals surface area (Å²) in [6.45, 7) is 1.14. The van der Waals surface area contributed by atoms with Crippen molar-refractivity contribution in [3.63, 3.8) is 0 Å². The van der Waals surface area contributed by atoms with E-state index in [0.717, 1.165) is 5.56 Å². The SMILES string of the molecule is COc1cc(CNCCC(N)=O)ccc1O. The highest BCUT2D eigenvalue weighted by molar-refractivity contribution is 5.73. The quantitative estimate of drug-likeness (QED) is 0.609. The Balaban J connectivity index is 2.45. The van der Waals surface area contributed by atoms with Gasteiger partial charge in [-0.05, 0) is 17.7 Å². The summed E-state index contributed by atoms with van der Waals surface area (Å²) in [7, 11) is 1.50. The number of hydrogen-bond donors (Lipinski definition) is 3. The number of aromatic hydroxyl groups is 1. The second-order valence-corrected chi connectivity index (χ2v) is 3.40. The van der Waals surface area contributed by atoms with Gasteiger partial charge in [-0.2, -0.15) is 0 Å².